The van der Waals surface area contributed by atoms with Crippen molar-refractivity contribution in [3.8, 4) is 12.3 Å². The molecule has 2 unspecified atom stereocenters. The van der Waals surface area contributed by atoms with Crippen molar-refractivity contribution in [3.05, 3.63) is 0 Å². The van der Waals surface area contributed by atoms with Crippen LogP contribution in [0.3, 0.4) is 0 Å². The number of rotatable bonds is 1. The standard InChI is InChI=1S/C5H7OPS3/c1-3-5-4-10-7(8,6-5)9-2/h1,5H,4H2,2H3. The van der Waals surface area contributed by atoms with Crippen molar-refractivity contribution in [2.45, 2.75) is 6.10 Å². The molecule has 56 valence electrons. The molecule has 0 N–H and O–H groups in total. The largest absolute Gasteiger partial charge is 0.317 e. The molecule has 5 heteroatoms. The lowest BCUT2D eigenvalue weighted by Crippen LogP contribution is -2.01. The fraction of sp³-hybridized carbons (Fsp3) is 0.600. The molecule has 1 nitrogen and oxygen atoms in total. The van der Waals surface area contributed by atoms with Crippen molar-refractivity contribution in [2.24, 2.45) is 0 Å². The van der Waals surface area contributed by atoms with Gasteiger partial charge in [-0.05, 0) is 18.1 Å². The van der Waals surface area contributed by atoms with Gasteiger partial charge < -0.3 is 4.52 Å². The van der Waals surface area contributed by atoms with Crippen LogP contribution in [0.2, 0.25) is 0 Å². The maximum Gasteiger partial charge on any atom is 0.175 e. The SMILES string of the molecule is C#CC1CSP(=S)(SC)O1. The van der Waals surface area contributed by atoms with Gasteiger partial charge in [-0.3, -0.25) is 0 Å². The third-order valence-electron chi connectivity index (χ3n) is 1.05. The molecule has 1 saturated heterocycles. The molecular formula is C5H7OPS3. The summed E-state index contributed by atoms with van der Waals surface area (Å²) in [5, 5.41) is 0. The van der Waals surface area contributed by atoms with E-state index in [-0.39, 0.29) is 6.10 Å². The van der Waals surface area contributed by atoms with Crippen molar-refractivity contribution in [2.75, 3.05) is 12.0 Å². The Balaban J connectivity index is 2.60. The molecule has 0 aliphatic carbocycles. The third-order valence-corrected chi connectivity index (χ3v) is 10.9. The molecule has 0 amide bonds. The van der Waals surface area contributed by atoms with Crippen molar-refractivity contribution in [3.63, 3.8) is 0 Å². The first-order valence-electron chi connectivity index (χ1n) is 2.65. The van der Waals surface area contributed by atoms with E-state index in [9.17, 15) is 0 Å². The Hall–Kier alpha value is 0.870. The molecule has 0 aromatic heterocycles. The summed E-state index contributed by atoms with van der Waals surface area (Å²) in [4.78, 5) is 0. The number of hydrogen-bond donors (Lipinski definition) is 0. The predicted molar refractivity (Wildman–Crippen MR) is 54.0 cm³/mol. The Labute approximate surface area is 74.3 Å². The summed E-state index contributed by atoms with van der Waals surface area (Å²) in [5.74, 6) is 3.43. The molecule has 1 aliphatic rings. The van der Waals surface area contributed by atoms with Crippen LogP contribution in [-0.4, -0.2) is 18.1 Å². The topological polar surface area (TPSA) is 9.23 Å². The van der Waals surface area contributed by atoms with Gasteiger partial charge in [0.1, 0.15) is 6.10 Å². The Kier molecular flexibility index (Phi) is 3.15. The molecule has 1 rings (SSSR count). The maximum absolute atomic E-state index is 5.46. The summed E-state index contributed by atoms with van der Waals surface area (Å²) in [6, 6.07) is 0. The second-order valence-corrected chi connectivity index (χ2v) is 12.3. The van der Waals surface area contributed by atoms with Crippen molar-refractivity contribution < 1.29 is 4.52 Å². The quantitative estimate of drug-likeness (QED) is 0.485. The first-order chi connectivity index (χ1) is 4.70. The summed E-state index contributed by atoms with van der Waals surface area (Å²) in [6.07, 6.45) is 7.12. The van der Waals surface area contributed by atoms with Crippen LogP contribution in [0.4, 0.5) is 0 Å². The van der Waals surface area contributed by atoms with Gasteiger partial charge in [-0.25, -0.2) is 0 Å². The molecule has 10 heavy (non-hydrogen) atoms. The van der Waals surface area contributed by atoms with Gasteiger partial charge in [0.2, 0.25) is 0 Å². The molecule has 1 heterocycles. The van der Waals surface area contributed by atoms with E-state index in [1.807, 2.05) is 6.26 Å². The summed E-state index contributed by atoms with van der Waals surface area (Å²) in [7, 11) is 0. The van der Waals surface area contributed by atoms with Crippen LogP contribution in [0.25, 0.3) is 0 Å². The lowest BCUT2D eigenvalue weighted by atomic mass is 10.4. The molecule has 2 atom stereocenters. The van der Waals surface area contributed by atoms with Gasteiger partial charge in [-0.2, -0.15) is 0 Å². The van der Waals surface area contributed by atoms with Crippen LogP contribution in [0, 0.1) is 12.3 Å². The minimum atomic E-state index is -1.60. The third kappa shape index (κ3) is 1.93. The number of terminal acetylenes is 1. The van der Waals surface area contributed by atoms with E-state index >= 15 is 0 Å². The number of hydrogen-bond acceptors (Lipinski definition) is 4. The average Bonchev–Trinajstić information content (AvgIpc) is 2.33. The minimum absolute atomic E-state index is 0.0386. The molecule has 1 aliphatic heterocycles. The summed E-state index contributed by atoms with van der Waals surface area (Å²) < 4.78 is 3.86. The highest BCUT2D eigenvalue weighted by Crippen LogP contribution is 2.73. The van der Waals surface area contributed by atoms with E-state index in [4.69, 9.17) is 22.8 Å². The molecule has 0 aromatic carbocycles. The highest BCUT2D eigenvalue weighted by atomic mass is 33.2. The van der Waals surface area contributed by atoms with Gasteiger partial charge in [-0.15, -0.1) is 6.42 Å². The van der Waals surface area contributed by atoms with Crippen molar-refractivity contribution in [1.82, 2.24) is 0 Å². The van der Waals surface area contributed by atoms with Gasteiger partial charge in [0, 0.05) is 5.75 Å². The zero-order valence-corrected chi connectivity index (χ0v) is 8.79. The first-order valence-corrected chi connectivity index (χ1v) is 8.79. The lowest BCUT2D eigenvalue weighted by Gasteiger charge is -2.08. The van der Waals surface area contributed by atoms with E-state index in [0.29, 0.717) is 0 Å². The first kappa shape index (κ1) is 8.96. The van der Waals surface area contributed by atoms with Crippen LogP contribution in [0.15, 0.2) is 0 Å². The molecule has 1 fully saturated rings. The van der Waals surface area contributed by atoms with Crippen LogP contribution < -0.4 is 0 Å². The molecular weight excluding hydrogens is 203 g/mol. The summed E-state index contributed by atoms with van der Waals surface area (Å²) >= 11 is 8.56. The van der Waals surface area contributed by atoms with Gasteiger partial charge in [0.15, 0.2) is 4.67 Å². The highest BCUT2D eigenvalue weighted by Gasteiger charge is 2.29. The average molecular weight is 210 g/mol. The van der Waals surface area contributed by atoms with Crippen LogP contribution in [0.1, 0.15) is 0 Å². The van der Waals surface area contributed by atoms with Crippen LogP contribution in [-0.2, 0) is 16.3 Å². The van der Waals surface area contributed by atoms with Gasteiger partial charge in [-0.1, -0.05) is 28.7 Å². The molecule has 0 aromatic rings. The van der Waals surface area contributed by atoms with Gasteiger partial charge in [0.05, 0.1) is 0 Å². The van der Waals surface area contributed by atoms with Crippen molar-refractivity contribution in [1.29, 1.82) is 0 Å². The maximum atomic E-state index is 5.46. The molecule has 0 bridgehead atoms. The highest BCUT2D eigenvalue weighted by molar-refractivity contribution is 8.99. The Morgan fingerprint density at radius 3 is 3.00 bits per heavy atom. The fourth-order valence-electron chi connectivity index (χ4n) is 0.550. The monoisotopic (exact) mass is 210 g/mol. The Morgan fingerprint density at radius 1 is 2.00 bits per heavy atom. The van der Waals surface area contributed by atoms with E-state index in [0.717, 1.165) is 5.75 Å². The molecule has 0 spiro atoms. The summed E-state index contributed by atoms with van der Waals surface area (Å²) in [6.45, 7) is 0. The minimum Gasteiger partial charge on any atom is -0.317 e. The zero-order chi connectivity index (χ0) is 7.61. The van der Waals surface area contributed by atoms with E-state index < -0.39 is 4.67 Å². The fourth-order valence-corrected chi connectivity index (χ4v) is 6.52. The van der Waals surface area contributed by atoms with E-state index in [1.54, 1.807) is 22.8 Å². The Bertz CT molecular complexity index is 209. The second kappa shape index (κ2) is 3.51. The van der Waals surface area contributed by atoms with Gasteiger partial charge in [0.25, 0.3) is 0 Å². The van der Waals surface area contributed by atoms with Gasteiger partial charge >= 0.3 is 0 Å². The summed E-state index contributed by atoms with van der Waals surface area (Å²) in [5.41, 5.74) is 0. The normalized spacial score (nSPS) is 39.4. The smallest absolute Gasteiger partial charge is 0.175 e. The van der Waals surface area contributed by atoms with E-state index in [1.165, 1.54) is 0 Å². The molecule has 0 saturated carbocycles. The van der Waals surface area contributed by atoms with E-state index in [2.05, 4.69) is 5.92 Å². The van der Waals surface area contributed by atoms with Crippen LogP contribution >= 0.6 is 27.4 Å². The second-order valence-electron chi connectivity index (χ2n) is 1.69. The van der Waals surface area contributed by atoms with Crippen LogP contribution in [0.5, 0.6) is 0 Å². The zero-order valence-electron chi connectivity index (χ0n) is 5.44. The lowest BCUT2D eigenvalue weighted by molar-refractivity contribution is 0.337. The van der Waals surface area contributed by atoms with Crippen molar-refractivity contribution >= 4 is 39.2 Å². The molecule has 0 radical (unpaired) electrons. The Morgan fingerprint density at radius 2 is 2.70 bits per heavy atom. The predicted octanol–water partition coefficient (Wildman–Crippen LogP) is 2.34.